The van der Waals surface area contributed by atoms with Crippen LogP contribution in [0.15, 0.2) is 55.0 Å². The molecule has 8 heteroatoms. The molecule has 0 unspecified atom stereocenters. The quantitative estimate of drug-likeness (QED) is 0.592. The number of hydrogen-bond donors (Lipinski definition) is 2. The van der Waals surface area contributed by atoms with Crippen LogP contribution in [0.5, 0.6) is 11.6 Å². The van der Waals surface area contributed by atoms with E-state index in [1.165, 1.54) is 6.07 Å². The van der Waals surface area contributed by atoms with E-state index in [1.54, 1.807) is 36.3 Å². The number of fused-ring (bicyclic) bond motifs is 1. The first kappa shape index (κ1) is 14.9. The van der Waals surface area contributed by atoms with Gasteiger partial charge in [-0.25, -0.2) is 9.50 Å². The van der Waals surface area contributed by atoms with Gasteiger partial charge in [0.2, 0.25) is 11.8 Å². The molecule has 124 valence electrons. The molecule has 3 heterocycles. The molecule has 0 aliphatic carbocycles. The van der Waals surface area contributed by atoms with Crippen LogP contribution < -0.4 is 10.1 Å². The summed E-state index contributed by atoms with van der Waals surface area (Å²) < 4.78 is 6.79. The summed E-state index contributed by atoms with van der Waals surface area (Å²) >= 11 is 0. The predicted molar refractivity (Wildman–Crippen MR) is 92.0 cm³/mol. The Morgan fingerprint density at radius 2 is 1.92 bits per heavy atom. The number of aromatic hydroxyl groups is 1. The van der Waals surface area contributed by atoms with Crippen molar-refractivity contribution in [1.29, 1.82) is 0 Å². The number of benzene rings is 1. The zero-order chi connectivity index (χ0) is 17.2. The molecule has 4 rings (SSSR count). The predicted octanol–water partition coefficient (Wildman–Crippen LogP) is 2.64. The van der Waals surface area contributed by atoms with Crippen molar-refractivity contribution in [2.45, 2.75) is 0 Å². The van der Waals surface area contributed by atoms with E-state index in [4.69, 9.17) is 4.74 Å². The molecule has 4 aromatic rings. The summed E-state index contributed by atoms with van der Waals surface area (Å²) in [5, 5.41) is 16.9. The van der Waals surface area contributed by atoms with Crippen molar-refractivity contribution in [1.82, 2.24) is 24.6 Å². The number of methoxy groups -OCH3 is 1. The standard InChI is InChI=1S/C17H14N6O2/c1-25-13-5-3-12(4-6-13)20-17-21-16-15(18-8-9-23(16)22-17)11-2-7-14(24)19-10-11/h2-10H,1H3,(H,19,24)(H,20,22). The Morgan fingerprint density at radius 3 is 2.64 bits per heavy atom. The minimum Gasteiger partial charge on any atom is -0.497 e. The minimum atomic E-state index is -0.0426. The first-order chi connectivity index (χ1) is 12.2. The van der Waals surface area contributed by atoms with Crippen LogP contribution in [0.4, 0.5) is 11.6 Å². The third kappa shape index (κ3) is 2.92. The SMILES string of the molecule is COc1ccc(Nc2nc3c(-c4ccc(O)nc4)nccn3n2)cc1. The molecule has 0 spiro atoms. The van der Waals surface area contributed by atoms with Gasteiger partial charge >= 0.3 is 0 Å². The molecule has 2 N–H and O–H groups in total. The maximum Gasteiger partial charge on any atom is 0.247 e. The molecule has 0 saturated heterocycles. The van der Waals surface area contributed by atoms with Crippen molar-refractivity contribution in [3.8, 4) is 22.9 Å². The molecule has 0 aliphatic rings. The van der Waals surface area contributed by atoms with Gasteiger partial charge in [-0.1, -0.05) is 0 Å². The first-order valence-corrected chi connectivity index (χ1v) is 7.51. The Hall–Kier alpha value is -3.68. The van der Waals surface area contributed by atoms with Crippen molar-refractivity contribution < 1.29 is 9.84 Å². The summed E-state index contributed by atoms with van der Waals surface area (Å²) in [5.74, 6) is 1.19. The van der Waals surface area contributed by atoms with Gasteiger partial charge in [-0.15, -0.1) is 5.10 Å². The van der Waals surface area contributed by atoms with Gasteiger partial charge < -0.3 is 15.2 Å². The lowest BCUT2D eigenvalue weighted by molar-refractivity contribution is 0.415. The molecule has 0 atom stereocenters. The Bertz CT molecular complexity index is 1010. The lowest BCUT2D eigenvalue weighted by atomic mass is 10.2. The molecular formula is C17H14N6O2. The van der Waals surface area contributed by atoms with Crippen LogP contribution in [0.1, 0.15) is 0 Å². The topological polar surface area (TPSA) is 97.5 Å². The highest BCUT2D eigenvalue weighted by molar-refractivity contribution is 5.74. The lowest BCUT2D eigenvalue weighted by Gasteiger charge is -2.03. The molecule has 8 nitrogen and oxygen atoms in total. The maximum absolute atomic E-state index is 9.34. The van der Waals surface area contributed by atoms with Crippen LogP contribution in [0.3, 0.4) is 0 Å². The fourth-order valence-corrected chi connectivity index (χ4v) is 2.40. The van der Waals surface area contributed by atoms with E-state index in [-0.39, 0.29) is 5.88 Å². The van der Waals surface area contributed by atoms with Gasteiger partial charge in [-0.05, 0) is 30.3 Å². The van der Waals surface area contributed by atoms with E-state index in [9.17, 15) is 5.11 Å². The van der Waals surface area contributed by atoms with Gasteiger partial charge in [0.15, 0.2) is 5.65 Å². The van der Waals surface area contributed by atoms with E-state index in [0.29, 0.717) is 17.3 Å². The van der Waals surface area contributed by atoms with Crippen LogP contribution >= 0.6 is 0 Å². The molecule has 0 aliphatic heterocycles. The van der Waals surface area contributed by atoms with Crippen LogP contribution in [0, 0.1) is 0 Å². The van der Waals surface area contributed by atoms with E-state index >= 15 is 0 Å². The average molecular weight is 334 g/mol. The van der Waals surface area contributed by atoms with Gasteiger partial charge in [0, 0.05) is 35.9 Å². The third-order valence-corrected chi connectivity index (χ3v) is 3.62. The van der Waals surface area contributed by atoms with Crippen LogP contribution in [-0.4, -0.2) is 36.8 Å². The van der Waals surface area contributed by atoms with E-state index in [1.807, 2.05) is 24.3 Å². The van der Waals surface area contributed by atoms with Gasteiger partial charge in [0.05, 0.1) is 7.11 Å². The first-order valence-electron chi connectivity index (χ1n) is 7.51. The van der Waals surface area contributed by atoms with Gasteiger partial charge in [-0.3, -0.25) is 4.98 Å². The fourth-order valence-electron chi connectivity index (χ4n) is 2.40. The summed E-state index contributed by atoms with van der Waals surface area (Å²) in [7, 11) is 1.62. The lowest BCUT2D eigenvalue weighted by Crippen LogP contribution is -1.94. The summed E-state index contributed by atoms with van der Waals surface area (Å²) in [5.41, 5.74) is 2.81. The maximum atomic E-state index is 9.34. The van der Waals surface area contributed by atoms with Crippen LogP contribution in [0.25, 0.3) is 16.9 Å². The molecule has 0 saturated carbocycles. The molecule has 1 aromatic carbocycles. The van der Waals surface area contributed by atoms with Crippen LogP contribution in [0.2, 0.25) is 0 Å². The smallest absolute Gasteiger partial charge is 0.247 e. The number of hydrogen-bond acceptors (Lipinski definition) is 7. The van der Waals surface area contributed by atoms with Crippen LogP contribution in [-0.2, 0) is 0 Å². The number of aromatic nitrogens is 5. The largest absolute Gasteiger partial charge is 0.497 e. The second kappa shape index (κ2) is 6.08. The Labute approximate surface area is 142 Å². The minimum absolute atomic E-state index is 0.0426. The van der Waals surface area contributed by atoms with Gasteiger partial charge in [0.1, 0.15) is 11.4 Å². The molecule has 25 heavy (non-hydrogen) atoms. The highest BCUT2D eigenvalue weighted by atomic mass is 16.5. The van der Waals surface area contributed by atoms with E-state index in [2.05, 4.69) is 25.4 Å². The summed E-state index contributed by atoms with van der Waals surface area (Å²) in [6.07, 6.45) is 4.91. The number of nitrogens with zero attached hydrogens (tertiary/aromatic N) is 5. The zero-order valence-electron chi connectivity index (χ0n) is 13.3. The number of anilines is 2. The van der Waals surface area contributed by atoms with Crippen molar-refractivity contribution in [2.24, 2.45) is 0 Å². The Kier molecular flexibility index (Phi) is 3.62. The fraction of sp³-hybridized carbons (Fsp3) is 0.0588. The second-order valence-corrected chi connectivity index (χ2v) is 5.24. The summed E-state index contributed by atoms with van der Waals surface area (Å²) in [6, 6.07) is 10.7. The molecule has 0 fully saturated rings. The zero-order valence-corrected chi connectivity index (χ0v) is 13.3. The average Bonchev–Trinajstić information content (AvgIpc) is 3.05. The summed E-state index contributed by atoms with van der Waals surface area (Å²) in [4.78, 5) is 12.8. The Morgan fingerprint density at radius 1 is 1.08 bits per heavy atom. The number of ether oxygens (including phenoxy) is 1. The molecular weight excluding hydrogens is 320 g/mol. The van der Waals surface area contributed by atoms with Crippen molar-refractivity contribution in [2.75, 3.05) is 12.4 Å². The molecule has 0 amide bonds. The number of pyridine rings is 1. The molecule has 3 aromatic heterocycles. The van der Waals surface area contributed by atoms with Crippen molar-refractivity contribution in [3.05, 3.63) is 55.0 Å². The molecule has 0 radical (unpaired) electrons. The monoisotopic (exact) mass is 334 g/mol. The number of rotatable bonds is 4. The van der Waals surface area contributed by atoms with E-state index in [0.717, 1.165) is 17.0 Å². The van der Waals surface area contributed by atoms with Gasteiger partial charge in [-0.2, -0.15) is 4.98 Å². The summed E-state index contributed by atoms with van der Waals surface area (Å²) in [6.45, 7) is 0. The third-order valence-electron chi connectivity index (χ3n) is 3.62. The normalized spacial score (nSPS) is 10.8. The van der Waals surface area contributed by atoms with E-state index < -0.39 is 0 Å². The van der Waals surface area contributed by atoms with Crippen molar-refractivity contribution in [3.63, 3.8) is 0 Å². The highest BCUT2D eigenvalue weighted by Crippen LogP contribution is 2.23. The van der Waals surface area contributed by atoms with Gasteiger partial charge in [0.25, 0.3) is 0 Å². The Balaban J connectivity index is 1.70. The second-order valence-electron chi connectivity index (χ2n) is 5.24. The number of nitrogens with one attached hydrogen (secondary N) is 1. The highest BCUT2D eigenvalue weighted by Gasteiger charge is 2.11. The van der Waals surface area contributed by atoms with Crippen molar-refractivity contribution >= 4 is 17.3 Å². The molecule has 0 bridgehead atoms.